The molecule has 0 nitrogen and oxygen atoms in total. The van der Waals surface area contributed by atoms with Crippen LogP contribution in [0.25, 0.3) is 0 Å². The largest absolute Gasteiger partial charge is 0.247 e. The molecule has 0 N–H and O–H groups in total. The monoisotopic (exact) mass is 180 g/mol. The van der Waals surface area contributed by atoms with E-state index in [0.29, 0.717) is 5.33 Å². The molecule has 0 heterocycles. The summed E-state index contributed by atoms with van der Waals surface area (Å²) in [4.78, 5) is 0. The first-order valence-corrected chi connectivity index (χ1v) is 4.15. The van der Waals surface area contributed by atoms with Gasteiger partial charge in [0.15, 0.2) is 0 Å². The highest BCUT2D eigenvalue weighted by molar-refractivity contribution is 9.09. The van der Waals surface area contributed by atoms with Crippen molar-refractivity contribution in [1.82, 2.24) is 0 Å². The smallest absolute Gasteiger partial charge is 0.110 e. The molecule has 1 fully saturated rings. The second-order valence-corrected chi connectivity index (χ2v) is 3.08. The highest BCUT2D eigenvalue weighted by Crippen LogP contribution is 2.34. The van der Waals surface area contributed by atoms with Crippen molar-refractivity contribution in [3.63, 3.8) is 0 Å². The van der Waals surface area contributed by atoms with E-state index in [9.17, 15) is 4.39 Å². The van der Waals surface area contributed by atoms with Crippen LogP contribution in [0, 0.1) is 5.92 Å². The maximum Gasteiger partial charge on any atom is 0.110 e. The average molecular weight is 181 g/mol. The molecule has 0 saturated heterocycles. The molecule has 1 aliphatic rings. The van der Waals surface area contributed by atoms with Crippen molar-refractivity contribution < 1.29 is 4.39 Å². The van der Waals surface area contributed by atoms with Crippen molar-refractivity contribution in [2.75, 3.05) is 5.33 Å². The van der Waals surface area contributed by atoms with E-state index >= 15 is 0 Å². The Morgan fingerprint density at radius 2 is 2.25 bits per heavy atom. The Labute approximate surface area is 57.6 Å². The van der Waals surface area contributed by atoms with E-state index in [1.165, 1.54) is 12.8 Å². The lowest BCUT2D eigenvalue weighted by Gasteiger charge is -1.98. The van der Waals surface area contributed by atoms with Crippen LogP contribution in [0.5, 0.6) is 0 Å². The molecule has 1 atom stereocenters. The fourth-order valence-electron chi connectivity index (χ4n) is 0.778. The highest BCUT2D eigenvalue weighted by Gasteiger charge is 2.24. The van der Waals surface area contributed by atoms with Gasteiger partial charge in [-0.15, -0.1) is 0 Å². The van der Waals surface area contributed by atoms with Crippen LogP contribution in [0.1, 0.15) is 19.3 Å². The van der Waals surface area contributed by atoms with Crippen LogP contribution >= 0.6 is 15.9 Å². The lowest BCUT2D eigenvalue weighted by Crippen LogP contribution is -2.01. The number of rotatable bonds is 3. The van der Waals surface area contributed by atoms with E-state index < -0.39 is 6.17 Å². The van der Waals surface area contributed by atoms with E-state index in [4.69, 9.17) is 0 Å². The predicted octanol–water partition coefficient (Wildman–Crippen LogP) is 2.52. The second-order valence-electron chi connectivity index (χ2n) is 2.43. The summed E-state index contributed by atoms with van der Waals surface area (Å²) in [5.74, 6) is 0.725. The van der Waals surface area contributed by atoms with E-state index in [0.717, 1.165) is 12.3 Å². The van der Waals surface area contributed by atoms with Gasteiger partial charge < -0.3 is 0 Å². The van der Waals surface area contributed by atoms with Gasteiger partial charge in [-0.05, 0) is 12.3 Å². The van der Waals surface area contributed by atoms with Crippen LogP contribution in [0.3, 0.4) is 0 Å². The van der Waals surface area contributed by atoms with Crippen molar-refractivity contribution in [1.29, 1.82) is 0 Å². The second kappa shape index (κ2) is 2.81. The summed E-state index contributed by atoms with van der Waals surface area (Å²) in [6.07, 6.45) is 2.70. The fourth-order valence-corrected chi connectivity index (χ4v) is 1.04. The Morgan fingerprint density at radius 1 is 1.62 bits per heavy atom. The summed E-state index contributed by atoms with van der Waals surface area (Å²) < 4.78 is 12.4. The standard InChI is InChI=1S/C6H10BrF/c7-4-6(8)3-5-1-2-5/h5-6H,1-4H2/t6-/m1/s1. The van der Waals surface area contributed by atoms with E-state index in [2.05, 4.69) is 15.9 Å². The molecular weight excluding hydrogens is 171 g/mol. The molecule has 8 heavy (non-hydrogen) atoms. The van der Waals surface area contributed by atoms with Gasteiger partial charge in [0.25, 0.3) is 0 Å². The minimum atomic E-state index is -0.595. The van der Waals surface area contributed by atoms with Crippen molar-refractivity contribution in [3.05, 3.63) is 0 Å². The molecule has 1 aliphatic carbocycles. The van der Waals surface area contributed by atoms with Crippen LogP contribution < -0.4 is 0 Å². The molecule has 1 rings (SSSR count). The van der Waals surface area contributed by atoms with Crippen LogP contribution in [0.4, 0.5) is 4.39 Å². The van der Waals surface area contributed by atoms with Crippen molar-refractivity contribution in [2.24, 2.45) is 5.92 Å². The van der Waals surface area contributed by atoms with Gasteiger partial charge in [0, 0.05) is 5.33 Å². The van der Waals surface area contributed by atoms with Gasteiger partial charge in [-0.2, -0.15) is 0 Å². The Hall–Kier alpha value is 0.410. The Bertz CT molecular complexity index is 70.9. The minimum absolute atomic E-state index is 0.517. The molecule has 0 spiro atoms. The first-order chi connectivity index (χ1) is 3.83. The van der Waals surface area contributed by atoms with E-state index in [1.54, 1.807) is 0 Å². The van der Waals surface area contributed by atoms with Crippen molar-refractivity contribution >= 4 is 15.9 Å². The van der Waals surface area contributed by atoms with E-state index in [1.807, 2.05) is 0 Å². The zero-order valence-corrected chi connectivity index (χ0v) is 6.33. The molecule has 0 amide bonds. The van der Waals surface area contributed by atoms with Crippen LogP contribution in [-0.4, -0.2) is 11.5 Å². The third kappa shape index (κ3) is 2.12. The molecular formula is C6H10BrF. The Kier molecular flexibility index (Phi) is 2.29. The summed E-state index contributed by atoms with van der Waals surface area (Å²) in [5, 5.41) is 0.517. The van der Waals surface area contributed by atoms with Crippen LogP contribution in [0.2, 0.25) is 0 Å². The van der Waals surface area contributed by atoms with Crippen LogP contribution in [0.15, 0.2) is 0 Å². The Balaban J connectivity index is 1.98. The molecule has 0 bridgehead atoms. The zero-order valence-electron chi connectivity index (χ0n) is 4.74. The normalized spacial score (nSPS) is 23.2. The summed E-state index contributed by atoms with van der Waals surface area (Å²) in [6.45, 7) is 0. The number of hydrogen-bond donors (Lipinski definition) is 0. The topological polar surface area (TPSA) is 0 Å². The van der Waals surface area contributed by atoms with Crippen LogP contribution in [-0.2, 0) is 0 Å². The maximum atomic E-state index is 12.4. The lowest BCUT2D eigenvalue weighted by molar-refractivity contribution is 0.335. The first kappa shape index (κ1) is 6.53. The number of halogens is 2. The third-order valence-corrected chi connectivity index (χ3v) is 2.16. The summed E-state index contributed by atoms with van der Waals surface area (Å²) in [6, 6.07) is 0. The predicted molar refractivity (Wildman–Crippen MR) is 36.0 cm³/mol. The van der Waals surface area contributed by atoms with Gasteiger partial charge in [0.05, 0.1) is 0 Å². The van der Waals surface area contributed by atoms with Crippen molar-refractivity contribution in [2.45, 2.75) is 25.4 Å². The molecule has 0 unspecified atom stereocenters. The number of alkyl halides is 2. The molecule has 0 radical (unpaired) electrons. The fraction of sp³-hybridized carbons (Fsp3) is 1.00. The van der Waals surface area contributed by atoms with Gasteiger partial charge in [0.1, 0.15) is 6.17 Å². The highest BCUT2D eigenvalue weighted by atomic mass is 79.9. The first-order valence-electron chi connectivity index (χ1n) is 3.03. The van der Waals surface area contributed by atoms with Gasteiger partial charge in [-0.3, -0.25) is 0 Å². The molecule has 48 valence electrons. The average Bonchev–Trinajstić information content (AvgIpc) is 2.50. The van der Waals surface area contributed by atoms with Gasteiger partial charge >= 0.3 is 0 Å². The quantitative estimate of drug-likeness (QED) is 0.587. The summed E-state index contributed by atoms with van der Waals surface area (Å²) in [7, 11) is 0. The molecule has 2 heteroatoms. The van der Waals surface area contributed by atoms with Gasteiger partial charge in [0.2, 0.25) is 0 Å². The number of hydrogen-bond acceptors (Lipinski definition) is 0. The molecule has 0 aromatic rings. The lowest BCUT2D eigenvalue weighted by atomic mass is 10.2. The summed E-state index contributed by atoms with van der Waals surface area (Å²) in [5.41, 5.74) is 0. The van der Waals surface area contributed by atoms with Gasteiger partial charge in [-0.1, -0.05) is 28.8 Å². The zero-order chi connectivity index (χ0) is 5.98. The minimum Gasteiger partial charge on any atom is -0.247 e. The van der Waals surface area contributed by atoms with Crippen molar-refractivity contribution in [3.8, 4) is 0 Å². The molecule has 1 saturated carbocycles. The molecule has 0 aliphatic heterocycles. The molecule has 0 aromatic heterocycles. The third-order valence-electron chi connectivity index (χ3n) is 1.45. The molecule has 0 aromatic carbocycles. The SMILES string of the molecule is F[C@@H](CBr)CC1CC1. The Morgan fingerprint density at radius 3 is 2.62 bits per heavy atom. The maximum absolute atomic E-state index is 12.4. The van der Waals surface area contributed by atoms with Gasteiger partial charge in [-0.25, -0.2) is 4.39 Å². The summed E-state index contributed by atoms with van der Waals surface area (Å²) >= 11 is 3.10. The van der Waals surface area contributed by atoms with E-state index in [-0.39, 0.29) is 0 Å².